The van der Waals surface area contributed by atoms with E-state index in [0.29, 0.717) is 42.4 Å². The van der Waals surface area contributed by atoms with E-state index in [9.17, 15) is 18.0 Å². The molecule has 2 heterocycles. The van der Waals surface area contributed by atoms with Crippen molar-refractivity contribution < 1.29 is 13.2 Å². The summed E-state index contributed by atoms with van der Waals surface area (Å²) in [5.74, 6) is -0.252. The van der Waals surface area contributed by atoms with Gasteiger partial charge in [-0.1, -0.05) is 18.2 Å². The quantitative estimate of drug-likeness (QED) is 0.851. The normalized spacial score (nSPS) is 18.7. The van der Waals surface area contributed by atoms with Crippen molar-refractivity contribution >= 4 is 26.8 Å². The van der Waals surface area contributed by atoms with Crippen LogP contribution in [-0.2, 0) is 10.0 Å². The van der Waals surface area contributed by atoms with Crippen molar-refractivity contribution in [1.29, 1.82) is 0 Å². The van der Waals surface area contributed by atoms with Crippen LogP contribution < -0.4 is 10.3 Å². The van der Waals surface area contributed by atoms with Gasteiger partial charge in [0.15, 0.2) is 0 Å². The molecule has 3 rings (SSSR count). The van der Waals surface area contributed by atoms with E-state index >= 15 is 0 Å². The molecule has 0 radical (unpaired) electrons. The van der Waals surface area contributed by atoms with Crippen LogP contribution in [0.2, 0.25) is 0 Å². The predicted molar refractivity (Wildman–Crippen MR) is 91.5 cm³/mol. The number of H-pyrrole nitrogens is 1. The molecule has 1 fully saturated rings. The lowest BCUT2D eigenvalue weighted by molar-refractivity contribution is 0.0705. The molecule has 1 saturated heterocycles. The standard InChI is InChI=1S/C16H19N3O4S/c1-24(22,23)18-11-5-4-8-19(10-11)16(21)13-9-15(20)17-14-7-3-2-6-12(13)14/h2-3,6-7,9,11,18H,4-5,8,10H2,1H3,(H,17,20)/t11-/m1/s1. The minimum Gasteiger partial charge on any atom is -0.337 e. The van der Waals surface area contributed by atoms with Crippen molar-refractivity contribution in [2.45, 2.75) is 18.9 Å². The fourth-order valence-electron chi connectivity index (χ4n) is 3.11. The molecule has 2 N–H and O–H groups in total. The van der Waals surface area contributed by atoms with Crippen molar-refractivity contribution in [3.63, 3.8) is 0 Å². The minimum atomic E-state index is -3.32. The molecule has 1 atom stereocenters. The maximum atomic E-state index is 12.9. The summed E-state index contributed by atoms with van der Waals surface area (Å²) in [5, 5.41) is 0.681. The van der Waals surface area contributed by atoms with Crippen molar-refractivity contribution in [3.05, 3.63) is 46.2 Å². The molecule has 128 valence electrons. The average Bonchev–Trinajstić information content (AvgIpc) is 2.52. The van der Waals surface area contributed by atoms with Crippen molar-refractivity contribution in [2.24, 2.45) is 0 Å². The Balaban J connectivity index is 1.90. The number of fused-ring (bicyclic) bond motifs is 1. The Bertz CT molecular complexity index is 936. The Morgan fingerprint density at radius 3 is 2.83 bits per heavy atom. The van der Waals surface area contributed by atoms with Gasteiger partial charge in [0, 0.05) is 36.1 Å². The monoisotopic (exact) mass is 349 g/mol. The summed E-state index contributed by atoms with van der Waals surface area (Å²) >= 11 is 0. The fraction of sp³-hybridized carbons (Fsp3) is 0.375. The number of pyridine rings is 1. The Hall–Kier alpha value is -2.19. The number of hydrogen-bond donors (Lipinski definition) is 2. The van der Waals surface area contributed by atoms with Crippen molar-refractivity contribution in [1.82, 2.24) is 14.6 Å². The third-order valence-electron chi connectivity index (χ3n) is 4.07. The van der Waals surface area contributed by atoms with Gasteiger partial charge >= 0.3 is 0 Å². The van der Waals surface area contributed by atoms with E-state index in [1.807, 2.05) is 6.07 Å². The van der Waals surface area contributed by atoms with E-state index in [4.69, 9.17) is 0 Å². The number of piperidine rings is 1. The van der Waals surface area contributed by atoms with Crippen LogP contribution in [-0.4, -0.2) is 49.6 Å². The largest absolute Gasteiger partial charge is 0.337 e. The van der Waals surface area contributed by atoms with Gasteiger partial charge in [-0.2, -0.15) is 0 Å². The van der Waals surface area contributed by atoms with E-state index in [2.05, 4.69) is 9.71 Å². The summed E-state index contributed by atoms with van der Waals surface area (Å²) in [6, 6.07) is 8.14. The van der Waals surface area contributed by atoms with Crippen LogP contribution in [0, 0.1) is 0 Å². The van der Waals surface area contributed by atoms with Crippen LogP contribution in [0.3, 0.4) is 0 Å². The van der Waals surface area contributed by atoms with Gasteiger partial charge in [-0.3, -0.25) is 9.59 Å². The number of sulfonamides is 1. The van der Waals surface area contributed by atoms with Gasteiger partial charge in [0.2, 0.25) is 15.6 Å². The highest BCUT2D eigenvalue weighted by Crippen LogP contribution is 2.19. The van der Waals surface area contributed by atoms with Gasteiger partial charge in [0.1, 0.15) is 0 Å². The second kappa shape index (κ2) is 6.37. The topological polar surface area (TPSA) is 99.3 Å². The first-order valence-electron chi connectivity index (χ1n) is 7.72. The van der Waals surface area contributed by atoms with Crippen molar-refractivity contribution in [2.75, 3.05) is 19.3 Å². The molecule has 24 heavy (non-hydrogen) atoms. The van der Waals surface area contributed by atoms with Crippen LogP contribution in [0.5, 0.6) is 0 Å². The number of aromatic amines is 1. The summed E-state index contributed by atoms with van der Waals surface area (Å²) < 4.78 is 25.4. The number of carbonyl (C=O) groups excluding carboxylic acids is 1. The Morgan fingerprint density at radius 2 is 2.08 bits per heavy atom. The number of amides is 1. The lowest BCUT2D eigenvalue weighted by Crippen LogP contribution is -2.49. The van der Waals surface area contributed by atoms with E-state index in [1.165, 1.54) is 6.07 Å². The molecule has 8 heteroatoms. The smallest absolute Gasteiger partial charge is 0.254 e. The number of likely N-dealkylation sites (tertiary alicyclic amines) is 1. The van der Waals surface area contributed by atoms with Crippen LogP contribution in [0.25, 0.3) is 10.9 Å². The van der Waals surface area contributed by atoms with Gasteiger partial charge in [-0.05, 0) is 18.9 Å². The molecule has 0 aliphatic carbocycles. The number of rotatable bonds is 3. The number of carbonyl (C=O) groups is 1. The molecule has 0 saturated carbocycles. The molecule has 2 aromatic rings. The number of aromatic nitrogens is 1. The molecule has 1 aliphatic rings. The van der Waals surface area contributed by atoms with Crippen molar-refractivity contribution in [3.8, 4) is 0 Å². The van der Waals surface area contributed by atoms with Gasteiger partial charge in [-0.15, -0.1) is 0 Å². The summed E-state index contributed by atoms with van der Waals surface area (Å²) in [6.45, 7) is 0.842. The van der Waals surface area contributed by atoms with E-state index in [1.54, 1.807) is 23.1 Å². The number of nitrogens with zero attached hydrogens (tertiary/aromatic N) is 1. The molecule has 7 nitrogen and oxygen atoms in total. The fourth-order valence-corrected chi connectivity index (χ4v) is 3.91. The van der Waals surface area contributed by atoms with E-state index in [0.717, 1.165) is 6.26 Å². The predicted octanol–water partition coefficient (Wildman–Crippen LogP) is 0.682. The SMILES string of the molecule is CS(=O)(=O)N[C@@H]1CCCN(C(=O)c2cc(=O)[nH]c3ccccc23)C1. The lowest BCUT2D eigenvalue weighted by atomic mass is 10.0. The Labute approximate surface area is 139 Å². The number of para-hydroxylation sites is 1. The highest BCUT2D eigenvalue weighted by atomic mass is 32.2. The average molecular weight is 349 g/mol. The zero-order chi connectivity index (χ0) is 17.3. The number of benzene rings is 1. The molecular weight excluding hydrogens is 330 g/mol. The summed E-state index contributed by atoms with van der Waals surface area (Å²) in [7, 11) is -3.32. The lowest BCUT2D eigenvalue weighted by Gasteiger charge is -2.33. The van der Waals surface area contributed by atoms with Gasteiger partial charge in [-0.25, -0.2) is 13.1 Å². The molecule has 1 aromatic heterocycles. The zero-order valence-corrected chi connectivity index (χ0v) is 14.1. The Morgan fingerprint density at radius 1 is 1.33 bits per heavy atom. The molecule has 1 aromatic carbocycles. The second-order valence-electron chi connectivity index (χ2n) is 6.07. The van der Waals surface area contributed by atoms with Crippen LogP contribution in [0.15, 0.2) is 35.1 Å². The third kappa shape index (κ3) is 3.65. The number of hydrogen-bond acceptors (Lipinski definition) is 4. The maximum Gasteiger partial charge on any atom is 0.254 e. The first kappa shape index (κ1) is 16.7. The van der Waals surface area contributed by atoms with E-state index < -0.39 is 10.0 Å². The Kier molecular flexibility index (Phi) is 4.42. The van der Waals surface area contributed by atoms with Gasteiger partial charge < -0.3 is 9.88 Å². The third-order valence-corrected chi connectivity index (χ3v) is 4.83. The van der Waals surface area contributed by atoms with Crippen LogP contribution >= 0.6 is 0 Å². The highest BCUT2D eigenvalue weighted by Gasteiger charge is 2.27. The van der Waals surface area contributed by atoms with Gasteiger partial charge in [0.05, 0.1) is 11.8 Å². The zero-order valence-electron chi connectivity index (χ0n) is 13.3. The molecule has 0 spiro atoms. The first-order valence-corrected chi connectivity index (χ1v) is 9.61. The van der Waals surface area contributed by atoms with E-state index in [-0.39, 0.29) is 17.5 Å². The first-order chi connectivity index (χ1) is 11.3. The molecule has 1 amide bonds. The molecule has 0 bridgehead atoms. The summed E-state index contributed by atoms with van der Waals surface area (Å²) in [5.41, 5.74) is 0.616. The highest BCUT2D eigenvalue weighted by molar-refractivity contribution is 7.88. The molecular formula is C16H19N3O4S. The van der Waals surface area contributed by atoms with Crippen LogP contribution in [0.4, 0.5) is 0 Å². The maximum absolute atomic E-state index is 12.9. The minimum absolute atomic E-state index is 0.252. The second-order valence-corrected chi connectivity index (χ2v) is 7.85. The van der Waals surface area contributed by atoms with Crippen LogP contribution in [0.1, 0.15) is 23.2 Å². The number of nitrogens with one attached hydrogen (secondary N) is 2. The molecule has 1 aliphatic heterocycles. The summed E-state index contributed by atoms with van der Waals surface area (Å²) in [4.78, 5) is 29.0. The summed E-state index contributed by atoms with van der Waals surface area (Å²) in [6.07, 6.45) is 2.50. The molecule has 0 unspecified atom stereocenters. The van der Waals surface area contributed by atoms with Gasteiger partial charge in [0.25, 0.3) is 5.91 Å².